The van der Waals surface area contributed by atoms with Crippen molar-refractivity contribution in [2.45, 2.75) is 12.6 Å². The number of nitrogens with zero attached hydrogens (tertiary/aromatic N) is 4. The number of carbonyl (C=O) groups excluding carboxylic acids is 1. The standard InChI is InChI=1S/C16H21N5O3S/c22-16(12-11-23-8-3-17-12)21-6-4-20(5-7-21)10-14-18-15(19-24-14)13-2-1-9-25-13/h1-2,9,12,17H,3-8,10-11H2. The SMILES string of the molecule is O=C(C1COCCN1)N1CCN(Cc2nc(-c3cccs3)no2)CC1. The first-order chi connectivity index (χ1) is 12.3. The summed E-state index contributed by atoms with van der Waals surface area (Å²) in [6, 6.07) is 3.75. The van der Waals surface area contributed by atoms with Gasteiger partial charge in [-0.2, -0.15) is 4.98 Å². The molecule has 2 aliphatic rings. The molecule has 2 saturated heterocycles. The molecule has 2 aliphatic heterocycles. The third-order valence-corrected chi connectivity index (χ3v) is 5.34. The van der Waals surface area contributed by atoms with Crippen LogP contribution in [-0.2, 0) is 16.1 Å². The molecule has 0 aromatic carbocycles. The monoisotopic (exact) mass is 363 g/mol. The number of hydrogen-bond acceptors (Lipinski definition) is 8. The molecule has 8 nitrogen and oxygen atoms in total. The van der Waals surface area contributed by atoms with Crippen LogP contribution in [0.4, 0.5) is 0 Å². The Morgan fingerprint density at radius 2 is 2.24 bits per heavy atom. The van der Waals surface area contributed by atoms with Crippen molar-refractivity contribution in [1.29, 1.82) is 0 Å². The predicted octanol–water partition coefficient (Wildman–Crippen LogP) is 0.431. The number of thiophene rings is 1. The topological polar surface area (TPSA) is 83.7 Å². The summed E-state index contributed by atoms with van der Waals surface area (Å²) in [6.45, 7) is 5.52. The van der Waals surface area contributed by atoms with Gasteiger partial charge in [-0.1, -0.05) is 11.2 Å². The molecule has 1 amide bonds. The molecule has 4 heterocycles. The van der Waals surface area contributed by atoms with Gasteiger partial charge in [-0.05, 0) is 11.4 Å². The Labute approximate surface area is 149 Å². The Kier molecular flexibility index (Phi) is 5.07. The van der Waals surface area contributed by atoms with Crippen LogP contribution in [-0.4, -0.2) is 77.8 Å². The summed E-state index contributed by atoms with van der Waals surface area (Å²) in [5, 5.41) is 9.25. The van der Waals surface area contributed by atoms with Gasteiger partial charge in [0.25, 0.3) is 0 Å². The number of morpholine rings is 1. The van der Waals surface area contributed by atoms with E-state index in [0.29, 0.717) is 44.6 Å². The summed E-state index contributed by atoms with van der Waals surface area (Å²) in [6.07, 6.45) is 0. The molecule has 9 heteroatoms. The first kappa shape index (κ1) is 16.6. The number of piperazine rings is 1. The number of hydrogen-bond donors (Lipinski definition) is 1. The zero-order chi connectivity index (χ0) is 17.1. The van der Waals surface area contributed by atoms with Crippen molar-refractivity contribution in [2.24, 2.45) is 0 Å². The molecule has 1 N–H and O–H groups in total. The van der Waals surface area contributed by atoms with Crippen LogP contribution in [0.5, 0.6) is 0 Å². The van der Waals surface area contributed by atoms with Crippen LogP contribution in [0.3, 0.4) is 0 Å². The molecule has 0 saturated carbocycles. The lowest BCUT2D eigenvalue weighted by Gasteiger charge is -2.36. The molecule has 0 radical (unpaired) electrons. The highest BCUT2D eigenvalue weighted by Gasteiger charge is 2.29. The summed E-state index contributed by atoms with van der Waals surface area (Å²) in [5.74, 6) is 1.39. The van der Waals surface area contributed by atoms with Gasteiger partial charge in [-0.3, -0.25) is 9.69 Å². The Balaban J connectivity index is 1.28. The summed E-state index contributed by atoms with van der Waals surface area (Å²) < 4.78 is 10.7. The van der Waals surface area contributed by atoms with E-state index in [0.717, 1.165) is 24.5 Å². The van der Waals surface area contributed by atoms with Crippen LogP contribution >= 0.6 is 11.3 Å². The van der Waals surface area contributed by atoms with Gasteiger partial charge in [-0.25, -0.2) is 0 Å². The summed E-state index contributed by atoms with van der Waals surface area (Å²) in [5.41, 5.74) is 0. The van der Waals surface area contributed by atoms with Gasteiger partial charge in [0.1, 0.15) is 6.04 Å². The minimum Gasteiger partial charge on any atom is -0.378 e. The van der Waals surface area contributed by atoms with E-state index in [1.807, 2.05) is 22.4 Å². The van der Waals surface area contributed by atoms with E-state index < -0.39 is 0 Å². The van der Waals surface area contributed by atoms with Crippen molar-refractivity contribution < 1.29 is 14.1 Å². The van der Waals surface area contributed by atoms with E-state index in [9.17, 15) is 4.79 Å². The molecule has 2 fully saturated rings. The lowest BCUT2D eigenvalue weighted by atomic mass is 10.2. The van der Waals surface area contributed by atoms with Crippen LogP contribution in [0.25, 0.3) is 10.7 Å². The van der Waals surface area contributed by atoms with Crippen molar-refractivity contribution in [3.05, 3.63) is 23.4 Å². The van der Waals surface area contributed by atoms with E-state index in [2.05, 4.69) is 20.4 Å². The van der Waals surface area contributed by atoms with Crippen molar-refractivity contribution in [3.8, 4) is 10.7 Å². The number of ether oxygens (including phenoxy) is 1. The second-order valence-electron chi connectivity index (χ2n) is 6.17. The van der Waals surface area contributed by atoms with E-state index in [4.69, 9.17) is 9.26 Å². The maximum atomic E-state index is 12.5. The predicted molar refractivity (Wildman–Crippen MR) is 92.1 cm³/mol. The molecular weight excluding hydrogens is 342 g/mol. The van der Waals surface area contributed by atoms with Crippen LogP contribution in [0.1, 0.15) is 5.89 Å². The highest BCUT2D eigenvalue weighted by atomic mass is 32.1. The van der Waals surface area contributed by atoms with Gasteiger partial charge in [-0.15, -0.1) is 11.3 Å². The van der Waals surface area contributed by atoms with Crippen molar-refractivity contribution in [2.75, 3.05) is 45.9 Å². The number of aromatic nitrogens is 2. The third-order valence-electron chi connectivity index (χ3n) is 4.47. The molecule has 0 bridgehead atoms. The molecule has 25 heavy (non-hydrogen) atoms. The molecule has 0 spiro atoms. The van der Waals surface area contributed by atoms with Crippen LogP contribution in [0, 0.1) is 0 Å². The molecule has 2 aromatic heterocycles. The molecule has 2 aromatic rings. The van der Waals surface area contributed by atoms with Gasteiger partial charge >= 0.3 is 0 Å². The van der Waals surface area contributed by atoms with E-state index in [1.165, 1.54) is 0 Å². The Bertz CT molecular complexity index is 690. The highest BCUT2D eigenvalue weighted by Crippen LogP contribution is 2.21. The maximum Gasteiger partial charge on any atom is 0.242 e. The van der Waals surface area contributed by atoms with E-state index >= 15 is 0 Å². The summed E-state index contributed by atoms with van der Waals surface area (Å²) in [7, 11) is 0. The quantitative estimate of drug-likeness (QED) is 0.843. The van der Waals surface area contributed by atoms with Crippen molar-refractivity contribution in [1.82, 2.24) is 25.3 Å². The van der Waals surface area contributed by atoms with Crippen LogP contribution < -0.4 is 5.32 Å². The Morgan fingerprint density at radius 3 is 2.96 bits per heavy atom. The third kappa shape index (κ3) is 3.90. The molecule has 4 rings (SSSR count). The Hall–Kier alpha value is -1.81. The second-order valence-corrected chi connectivity index (χ2v) is 7.12. The fourth-order valence-electron chi connectivity index (χ4n) is 3.09. The first-order valence-corrected chi connectivity index (χ1v) is 9.36. The van der Waals surface area contributed by atoms with Crippen LogP contribution in [0.15, 0.2) is 22.0 Å². The zero-order valence-electron chi connectivity index (χ0n) is 13.9. The number of amides is 1. The fraction of sp³-hybridized carbons (Fsp3) is 0.562. The lowest BCUT2D eigenvalue weighted by Crippen LogP contribution is -2.57. The number of carbonyl (C=O) groups is 1. The summed E-state index contributed by atoms with van der Waals surface area (Å²) >= 11 is 1.59. The van der Waals surface area contributed by atoms with E-state index in [-0.39, 0.29) is 11.9 Å². The number of rotatable bonds is 4. The fourth-order valence-corrected chi connectivity index (χ4v) is 3.74. The molecule has 134 valence electrons. The van der Waals surface area contributed by atoms with E-state index in [1.54, 1.807) is 11.3 Å². The van der Waals surface area contributed by atoms with Crippen molar-refractivity contribution >= 4 is 17.2 Å². The van der Waals surface area contributed by atoms with Crippen LogP contribution in [0.2, 0.25) is 0 Å². The molecule has 0 aliphatic carbocycles. The van der Waals surface area contributed by atoms with Gasteiger partial charge in [0.15, 0.2) is 0 Å². The zero-order valence-corrected chi connectivity index (χ0v) is 14.7. The average molecular weight is 363 g/mol. The normalized spacial score (nSPS) is 22.2. The second kappa shape index (κ2) is 7.61. The van der Waals surface area contributed by atoms with Gasteiger partial charge in [0.05, 0.1) is 24.6 Å². The molecule has 1 atom stereocenters. The molecule has 1 unspecified atom stereocenters. The van der Waals surface area contributed by atoms with Crippen molar-refractivity contribution in [3.63, 3.8) is 0 Å². The van der Waals surface area contributed by atoms with Gasteiger partial charge in [0.2, 0.25) is 17.6 Å². The Morgan fingerprint density at radius 1 is 1.36 bits per heavy atom. The number of nitrogens with one attached hydrogen (secondary N) is 1. The molecular formula is C16H21N5O3S. The maximum absolute atomic E-state index is 12.5. The summed E-state index contributed by atoms with van der Waals surface area (Å²) in [4.78, 5) is 22.1. The highest BCUT2D eigenvalue weighted by molar-refractivity contribution is 7.13. The first-order valence-electron chi connectivity index (χ1n) is 8.48. The lowest BCUT2D eigenvalue weighted by molar-refractivity contribution is -0.138. The minimum atomic E-state index is -0.204. The largest absolute Gasteiger partial charge is 0.378 e. The van der Waals surface area contributed by atoms with Gasteiger partial charge in [0, 0.05) is 32.7 Å². The smallest absolute Gasteiger partial charge is 0.242 e. The van der Waals surface area contributed by atoms with Gasteiger partial charge < -0.3 is 19.5 Å². The minimum absolute atomic E-state index is 0.136. The average Bonchev–Trinajstić information content (AvgIpc) is 3.34.